The van der Waals surface area contributed by atoms with E-state index in [1.165, 1.54) is 5.56 Å². The molecule has 104 valence electrons. The van der Waals surface area contributed by atoms with Gasteiger partial charge in [0.15, 0.2) is 0 Å². The standard InChI is InChI=1S/C15H21ClN2O/c1-3-8-19-15-5-4-13(9-14(15)16)11-18-7-6-17-12(2)10-18/h3-5,9,12,17H,1,6-8,10-11H2,2H3. The van der Waals surface area contributed by atoms with E-state index < -0.39 is 0 Å². The zero-order valence-electron chi connectivity index (χ0n) is 11.4. The van der Waals surface area contributed by atoms with Gasteiger partial charge in [0.2, 0.25) is 0 Å². The third-order valence-electron chi connectivity index (χ3n) is 3.21. The van der Waals surface area contributed by atoms with Crippen LogP contribution in [0.1, 0.15) is 12.5 Å². The molecule has 1 aromatic rings. The van der Waals surface area contributed by atoms with Gasteiger partial charge in [0, 0.05) is 32.2 Å². The Labute approximate surface area is 120 Å². The molecule has 1 saturated heterocycles. The van der Waals surface area contributed by atoms with Gasteiger partial charge in [-0.3, -0.25) is 4.90 Å². The van der Waals surface area contributed by atoms with E-state index in [0.29, 0.717) is 17.7 Å². The highest BCUT2D eigenvalue weighted by Gasteiger charge is 2.15. The number of piperazine rings is 1. The van der Waals surface area contributed by atoms with Gasteiger partial charge in [0.1, 0.15) is 12.4 Å². The Kier molecular flexibility index (Phi) is 5.25. The van der Waals surface area contributed by atoms with Crippen LogP contribution in [-0.4, -0.2) is 37.2 Å². The van der Waals surface area contributed by atoms with Crippen molar-refractivity contribution < 1.29 is 4.74 Å². The van der Waals surface area contributed by atoms with Crippen LogP contribution in [-0.2, 0) is 6.54 Å². The number of nitrogens with one attached hydrogen (secondary N) is 1. The lowest BCUT2D eigenvalue weighted by atomic mass is 10.1. The van der Waals surface area contributed by atoms with Crippen molar-refractivity contribution in [3.63, 3.8) is 0 Å². The molecule has 0 aliphatic carbocycles. The van der Waals surface area contributed by atoms with E-state index in [-0.39, 0.29) is 0 Å². The molecule has 0 radical (unpaired) electrons. The summed E-state index contributed by atoms with van der Waals surface area (Å²) in [6.45, 7) is 10.5. The highest BCUT2D eigenvalue weighted by atomic mass is 35.5. The van der Waals surface area contributed by atoms with Crippen molar-refractivity contribution in [2.45, 2.75) is 19.5 Å². The predicted octanol–water partition coefficient (Wildman–Crippen LogP) is 2.70. The number of rotatable bonds is 5. The van der Waals surface area contributed by atoms with Crippen molar-refractivity contribution in [2.24, 2.45) is 0 Å². The largest absolute Gasteiger partial charge is 0.488 e. The molecule has 1 fully saturated rings. The molecule has 0 bridgehead atoms. The van der Waals surface area contributed by atoms with Crippen LogP contribution in [0.3, 0.4) is 0 Å². The number of halogens is 1. The van der Waals surface area contributed by atoms with Crippen LogP contribution in [0, 0.1) is 0 Å². The maximum absolute atomic E-state index is 6.22. The minimum Gasteiger partial charge on any atom is -0.488 e. The Morgan fingerprint density at radius 2 is 2.42 bits per heavy atom. The Morgan fingerprint density at radius 1 is 1.58 bits per heavy atom. The summed E-state index contributed by atoms with van der Waals surface area (Å²) in [5, 5.41) is 4.11. The van der Waals surface area contributed by atoms with Crippen molar-refractivity contribution in [2.75, 3.05) is 26.2 Å². The fraction of sp³-hybridized carbons (Fsp3) is 0.467. The maximum atomic E-state index is 6.22. The Bertz CT molecular complexity index is 436. The summed E-state index contributed by atoms with van der Waals surface area (Å²) in [5.41, 5.74) is 1.23. The molecule has 1 unspecified atom stereocenters. The van der Waals surface area contributed by atoms with Gasteiger partial charge < -0.3 is 10.1 Å². The van der Waals surface area contributed by atoms with E-state index >= 15 is 0 Å². The molecule has 1 aliphatic heterocycles. The monoisotopic (exact) mass is 280 g/mol. The topological polar surface area (TPSA) is 24.5 Å². The number of benzene rings is 1. The van der Waals surface area contributed by atoms with Gasteiger partial charge in [-0.25, -0.2) is 0 Å². The van der Waals surface area contributed by atoms with Gasteiger partial charge in [0.25, 0.3) is 0 Å². The molecule has 1 N–H and O–H groups in total. The van der Waals surface area contributed by atoms with Crippen molar-refractivity contribution in [1.29, 1.82) is 0 Å². The predicted molar refractivity (Wildman–Crippen MR) is 79.9 cm³/mol. The number of ether oxygens (including phenoxy) is 1. The molecular weight excluding hydrogens is 260 g/mol. The maximum Gasteiger partial charge on any atom is 0.138 e. The minimum absolute atomic E-state index is 0.481. The summed E-state index contributed by atoms with van der Waals surface area (Å²) in [4.78, 5) is 2.44. The lowest BCUT2D eigenvalue weighted by molar-refractivity contribution is 0.199. The molecule has 0 amide bonds. The van der Waals surface area contributed by atoms with Gasteiger partial charge in [-0.15, -0.1) is 0 Å². The first-order valence-corrected chi connectivity index (χ1v) is 7.04. The minimum atomic E-state index is 0.481. The number of hydrogen-bond acceptors (Lipinski definition) is 3. The zero-order valence-corrected chi connectivity index (χ0v) is 12.1. The van der Waals surface area contributed by atoms with Crippen LogP contribution in [0.15, 0.2) is 30.9 Å². The molecule has 0 saturated carbocycles. The quantitative estimate of drug-likeness (QED) is 0.840. The molecule has 1 heterocycles. The average Bonchev–Trinajstić information content (AvgIpc) is 2.38. The van der Waals surface area contributed by atoms with Crippen LogP contribution in [0.5, 0.6) is 5.75 Å². The number of nitrogens with zero attached hydrogens (tertiary/aromatic N) is 1. The Morgan fingerprint density at radius 3 is 3.11 bits per heavy atom. The summed E-state index contributed by atoms with van der Waals surface area (Å²) in [6.07, 6.45) is 1.71. The molecule has 3 nitrogen and oxygen atoms in total. The first-order valence-electron chi connectivity index (χ1n) is 6.67. The molecule has 1 atom stereocenters. The van der Waals surface area contributed by atoms with Gasteiger partial charge in [-0.1, -0.05) is 30.3 Å². The molecule has 0 aromatic heterocycles. The van der Waals surface area contributed by atoms with Gasteiger partial charge >= 0.3 is 0 Å². The van der Waals surface area contributed by atoms with Crippen LogP contribution >= 0.6 is 11.6 Å². The third-order valence-corrected chi connectivity index (χ3v) is 3.51. The number of hydrogen-bond donors (Lipinski definition) is 1. The first kappa shape index (κ1) is 14.4. The third kappa shape index (κ3) is 4.23. The van der Waals surface area contributed by atoms with E-state index in [0.717, 1.165) is 31.9 Å². The van der Waals surface area contributed by atoms with Gasteiger partial charge in [-0.05, 0) is 24.6 Å². The smallest absolute Gasteiger partial charge is 0.138 e. The molecule has 0 spiro atoms. The van der Waals surface area contributed by atoms with Crippen LogP contribution in [0.25, 0.3) is 0 Å². The zero-order chi connectivity index (χ0) is 13.7. The second kappa shape index (κ2) is 6.94. The van der Waals surface area contributed by atoms with Crippen LogP contribution in [0.4, 0.5) is 0 Å². The van der Waals surface area contributed by atoms with Crippen molar-refractivity contribution in [3.8, 4) is 5.75 Å². The molecule has 1 aromatic carbocycles. The fourth-order valence-electron chi connectivity index (χ4n) is 2.32. The van der Waals surface area contributed by atoms with E-state index in [2.05, 4.69) is 29.8 Å². The van der Waals surface area contributed by atoms with E-state index in [9.17, 15) is 0 Å². The molecule has 19 heavy (non-hydrogen) atoms. The summed E-state index contributed by atoms with van der Waals surface area (Å²) in [6, 6.07) is 6.57. The second-order valence-electron chi connectivity index (χ2n) is 4.95. The highest BCUT2D eigenvalue weighted by molar-refractivity contribution is 6.32. The Balaban J connectivity index is 1.97. The van der Waals surface area contributed by atoms with Crippen molar-refractivity contribution in [3.05, 3.63) is 41.4 Å². The molecular formula is C15H21ClN2O. The summed E-state index contributed by atoms with van der Waals surface area (Å²) < 4.78 is 5.47. The van der Waals surface area contributed by atoms with Gasteiger partial charge in [-0.2, -0.15) is 0 Å². The Hall–Kier alpha value is -1.03. The SMILES string of the molecule is C=CCOc1ccc(CN2CCNC(C)C2)cc1Cl. The normalized spacial score (nSPS) is 20.2. The highest BCUT2D eigenvalue weighted by Crippen LogP contribution is 2.26. The van der Waals surface area contributed by atoms with Crippen molar-refractivity contribution >= 4 is 11.6 Å². The average molecular weight is 281 g/mol. The second-order valence-corrected chi connectivity index (χ2v) is 5.36. The van der Waals surface area contributed by atoms with Crippen LogP contribution < -0.4 is 10.1 Å². The van der Waals surface area contributed by atoms with Gasteiger partial charge in [0.05, 0.1) is 5.02 Å². The summed E-state index contributed by atoms with van der Waals surface area (Å²) in [7, 11) is 0. The van der Waals surface area contributed by atoms with E-state index in [4.69, 9.17) is 16.3 Å². The van der Waals surface area contributed by atoms with Crippen molar-refractivity contribution in [1.82, 2.24) is 10.2 Å². The molecule has 2 rings (SSSR count). The van der Waals surface area contributed by atoms with E-state index in [1.54, 1.807) is 6.08 Å². The summed E-state index contributed by atoms with van der Waals surface area (Å²) in [5.74, 6) is 0.721. The first-order chi connectivity index (χ1) is 9.19. The van der Waals surface area contributed by atoms with E-state index in [1.807, 2.05) is 12.1 Å². The molecule has 4 heteroatoms. The molecule has 1 aliphatic rings. The summed E-state index contributed by atoms with van der Waals surface area (Å²) >= 11 is 6.22. The lowest BCUT2D eigenvalue weighted by Crippen LogP contribution is -2.48. The fourth-order valence-corrected chi connectivity index (χ4v) is 2.58. The van der Waals surface area contributed by atoms with Crippen LogP contribution in [0.2, 0.25) is 5.02 Å². The lowest BCUT2D eigenvalue weighted by Gasteiger charge is -2.31.